The highest BCUT2D eigenvalue weighted by molar-refractivity contribution is 5.97. The van der Waals surface area contributed by atoms with E-state index >= 15 is 0 Å². The van der Waals surface area contributed by atoms with Gasteiger partial charge in [0, 0.05) is 31.8 Å². The molecule has 0 radical (unpaired) electrons. The maximum Gasteiger partial charge on any atom is 0.249 e. The average molecular weight is 230 g/mol. The fourth-order valence-electron chi connectivity index (χ4n) is 1.98. The number of carbonyl (C=O) groups is 1. The average Bonchev–Trinajstić information content (AvgIpc) is 2.40. The van der Waals surface area contributed by atoms with Gasteiger partial charge in [-0.2, -0.15) is 0 Å². The lowest BCUT2D eigenvalue weighted by Crippen LogP contribution is -2.46. The Morgan fingerprint density at radius 3 is 2.53 bits per heavy atom. The third-order valence-corrected chi connectivity index (χ3v) is 2.92. The zero-order valence-electron chi connectivity index (χ0n) is 10.1. The Bertz CT molecular complexity index is 405. The molecule has 1 aliphatic rings. The minimum absolute atomic E-state index is 0.148. The van der Waals surface area contributed by atoms with Crippen molar-refractivity contribution in [1.82, 2.24) is 10.2 Å². The van der Waals surface area contributed by atoms with E-state index in [0.717, 1.165) is 37.3 Å². The zero-order chi connectivity index (χ0) is 12.1. The van der Waals surface area contributed by atoms with E-state index in [-0.39, 0.29) is 5.91 Å². The molecule has 17 heavy (non-hydrogen) atoms. The van der Waals surface area contributed by atoms with Crippen molar-refractivity contribution in [3.05, 3.63) is 41.5 Å². The first kappa shape index (κ1) is 11.9. The van der Waals surface area contributed by atoms with E-state index < -0.39 is 0 Å². The summed E-state index contributed by atoms with van der Waals surface area (Å²) < 4.78 is 0. The second-order valence-electron chi connectivity index (χ2n) is 4.28. The smallest absolute Gasteiger partial charge is 0.249 e. The second kappa shape index (κ2) is 5.64. The van der Waals surface area contributed by atoms with Gasteiger partial charge in [0.2, 0.25) is 5.91 Å². The molecule has 1 aliphatic heterocycles. The van der Waals surface area contributed by atoms with Crippen molar-refractivity contribution in [3.63, 3.8) is 0 Å². The summed E-state index contributed by atoms with van der Waals surface area (Å²) in [7, 11) is 0. The van der Waals surface area contributed by atoms with Crippen molar-refractivity contribution in [2.24, 2.45) is 0 Å². The highest BCUT2D eigenvalue weighted by atomic mass is 16.2. The number of hydrogen-bond acceptors (Lipinski definition) is 2. The van der Waals surface area contributed by atoms with Gasteiger partial charge in [0.15, 0.2) is 0 Å². The van der Waals surface area contributed by atoms with E-state index in [2.05, 4.69) is 5.32 Å². The van der Waals surface area contributed by atoms with Crippen LogP contribution < -0.4 is 5.32 Å². The van der Waals surface area contributed by atoms with Crippen LogP contribution in [-0.2, 0) is 4.79 Å². The summed E-state index contributed by atoms with van der Waals surface area (Å²) in [6.07, 6.45) is 1.95. The molecule has 1 aromatic rings. The Balaban J connectivity index is 2.06. The lowest BCUT2D eigenvalue weighted by atomic mass is 10.1. The summed E-state index contributed by atoms with van der Waals surface area (Å²) in [5, 5.41) is 3.24. The first-order chi connectivity index (χ1) is 8.27. The van der Waals surface area contributed by atoms with Crippen LogP contribution in [0.15, 0.2) is 35.9 Å². The van der Waals surface area contributed by atoms with Crippen molar-refractivity contribution in [3.8, 4) is 0 Å². The summed E-state index contributed by atoms with van der Waals surface area (Å²) in [5.41, 5.74) is 1.88. The fraction of sp³-hybridized carbons (Fsp3) is 0.357. The Labute approximate surface area is 102 Å². The van der Waals surface area contributed by atoms with Crippen LogP contribution in [0, 0.1) is 0 Å². The van der Waals surface area contributed by atoms with E-state index in [4.69, 9.17) is 0 Å². The van der Waals surface area contributed by atoms with E-state index in [1.807, 2.05) is 48.2 Å². The number of carbonyl (C=O) groups excluding carboxylic acids is 1. The summed E-state index contributed by atoms with van der Waals surface area (Å²) in [6, 6.07) is 9.96. The van der Waals surface area contributed by atoms with Gasteiger partial charge in [-0.25, -0.2) is 0 Å². The fourth-order valence-corrected chi connectivity index (χ4v) is 1.98. The van der Waals surface area contributed by atoms with Crippen molar-refractivity contribution >= 4 is 12.0 Å². The normalized spacial score (nSPS) is 17.0. The van der Waals surface area contributed by atoms with Gasteiger partial charge in [-0.15, -0.1) is 0 Å². The van der Waals surface area contributed by atoms with Crippen LogP contribution in [0.1, 0.15) is 12.5 Å². The van der Waals surface area contributed by atoms with Gasteiger partial charge in [0.25, 0.3) is 0 Å². The Hall–Kier alpha value is -1.61. The molecule has 3 nitrogen and oxygen atoms in total. The van der Waals surface area contributed by atoms with Gasteiger partial charge >= 0.3 is 0 Å². The van der Waals surface area contributed by atoms with Crippen LogP contribution in [0.3, 0.4) is 0 Å². The first-order valence-electron chi connectivity index (χ1n) is 6.01. The largest absolute Gasteiger partial charge is 0.336 e. The standard InChI is InChI=1S/C14H18N2O/c1-12(11-13-5-3-2-4-6-13)14(17)16-9-7-15-8-10-16/h2-6,11,15H,7-10H2,1H3/b12-11+. The summed E-state index contributed by atoms with van der Waals surface area (Å²) in [4.78, 5) is 14.0. The van der Waals surface area contributed by atoms with Gasteiger partial charge in [-0.3, -0.25) is 4.79 Å². The van der Waals surface area contributed by atoms with Crippen molar-refractivity contribution in [2.75, 3.05) is 26.2 Å². The highest BCUT2D eigenvalue weighted by Crippen LogP contribution is 2.09. The number of piperazine rings is 1. The lowest BCUT2D eigenvalue weighted by Gasteiger charge is -2.27. The lowest BCUT2D eigenvalue weighted by molar-refractivity contribution is -0.127. The molecule has 0 spiro atoms. The molecule has 3 heteroatoms. The number of rotatable bonds is 2. The second-order valence-corrected chi connectivity index (χ2v) is 4.28. The highest BCUT2D eigenvalue weighted by Gasteiger charge is 2.16. The predicted molar refractivity (Wildman–Crippen MR) is 69.5 cm³/mol. The first-order valence-corrected chi connectivity index (χ1v) is 6.01. The summed E-state index contributed by atoms with van der Waals surface area (Å²) in [6.45, 7) is 5.28. The number of nitrogens with one attached hydrogen (secondary N) is 1. The molecular formula is C14H18N2O. The Morgan fingerprint density at radius 1 is 1.24 bits per heavy atom. The van der Waals surface area contributed by atoms with E-state index in [0.29, 0.717) is 0 Å². The van der Waals surface area contributed by atoms with Gasteiger partial charge < -0.3 is 10.2 Å². The molecule has 90 valence electrons. The van der Waals surface area contributed by atoms with E-state index in [9.17, 15) is 4.79 Å². The Morgan fingerprint density at radius 2 is 1.88 bits per heavy atom. The maximum absolute atomic E-state index is 12.1. The van der Waals surface area contributed by atoms with Gasteiger partial charge in [0.1, 0.15) is 0 Å². The SMILES string of the molecule is C/C(=C\c1ccccc1)C(=O)N1CCNCC1. The topological polar surface area (TPSA) is 32.3 Å². The molecule has 0 unspecified atom stereocenters. The van der Waals surface area contributed by atoms with Crippen molar-refractivity contribution in [2.45, 2.75) is 6.92 Å². The molecule has 1 heterocycles. The molecule has 1 fully saturated rings. The Kier molecular flexibility index (Phi) is 3.94. The van der Waals surface area contributed by atoms with Crippen LogP contribution in [-0.4, -0.2) is 37.0 Å². The van der Waals surface area contributed by atoms with Crippen LogP contribution in [0.5, 0.6) is 0 Å². The zero-order valence-corrected chi connectivity index (χ0v) is 10.1. The minimum atomic E-state index is 0.148. The van der Waals surface area contributed by atoms with Gasteiger partial charge in [-0.05, 0) is 18.6 Å². The monoisotopic (exact) mass is 230 g/mol. The summed E-state index contributed by atoms with van der Waals surface area (Å²) in [5.74, 6) is 0.148. The van der Waals surface area contributed by atoms with Crippen LogP contribution in [0.2, 0.25) is 0 Å². The van der Waals surface area contributed by atoms with Crippen LogP contribution in [0.4, 0.5) is 0 Å². The molecule has 0 bridgehead atoms. The number of amides is 1. The van der Waals surface area contributed by atoms with Gasteiger partial charge in [-0.1, -0.05) is 30.3 Å². The number of hydrogen-bond donors (Lipinski definition) is 1. The van der Waals surface area contributed by atoms with E-state index in [1.165, 1.54) is 0 Å². The molecule has 1 N–H and O–H groups in total. The molecule has 2 rings (SSSR count). The third kappa shape index (κ3) is 3.17. The van der Waals surface area contributed by atoms with Crippen molar-refractivity contribution < 1.29 is 4.79 Å². The van der Waals surface area contributed by atoms with Gasteiger partial charge in [0.05, 0.1) is 0 Å². The maximum atomic E-state index is 12.1. The quantitative estimate of drug-likeness (QED) is 0.781. The molecular weight excluding hydrogens is 212 g/mol. The molecule has 1 aromatic carbocycles. The molecule has 1 amide bonds. The third-order valence-electron chi connectivity index (χ3n) is 2.92. The summed E-state index contributed by atoms with van der Waals surface area (Å²) >= 11 is 0. The van der Waals surface area contributed by atoms with Crippen LogP contribution in [0.25, 0.3) is 6.08 Å². The molecule has 0 aromatic heterocycles. The number of benzene rings is 1. The number of nitrogens with zero attached hydrogens (tertiary/aromatic N) is 1. The van der Waals surface area contributed by atoms with Crippen LogP contribution >= 0.6 is 0 Å². The molecule has 1 saturated heterocycles. The predicted octanol–water partition coefficient (Wildman–Crippen LogP) is 1.52. The van der Waals surface area contributed by atoms with E-state index in [1.54, 1.807) is 0 Å². The molecule has 0 aliphatic carbocycles. The van der Waals surface area contributed by atoms with Crippen molar-refractivity contribution in [1.29, 1.82) is 0 Å². The molecule has 0 atom stereocenters. The molecule has 0 saturated carbocycles. The minimum Gasteiger partial charge on any atom is -0.336 e.